The van der Waals surface area contributed by atoms with Gasteiger partial charge in [-0.3, -0.25) is 9.98 Å². The minimum Gasteiger partial charge on any atom is -0.355 e. The van der Waals surface area contributed by atoms with Crippen LogP contribution < -0.4 is 9.80 Å². The maximum atomic E-state index is 4.31. The van der Waals surface area contributed by atoms with Crippen molar-refractivity contribution in [2.45, 2.75) is 0 Å². The highest BCUT2D eigenvalue weighted by molar-refractivity contribution is 6.10. The number of aliphatic imine (C=N–C) groups is 2. The van der Waals surface area contributed by atoms with Gasteiger partial charge in [-0.25, -0.2) is 0 Å². The Morgan fingerprint density at radius 2 is 1.26 bits per heavy atom. The van der Waals surface area contributed by atoms with Gasteiger partial charge in [0.15, 0.2) is 0 Å². The van der Waals surface area contributed by atoms with E-state index < -0.39 is 0 Å². The third-order valence-electron chi connectivity index (χ3n) is 4.61. The molecule has 2 aromatic carbocycles. The molecule has 3 aromatic rings. The Bertz CT molecular complexity index is 876. The molecule has 0 fully saturated rings. The van der Waals surface area contributed by atoms with Crippen molar-refractivity contribution in [3.8, 4) is 0 Å². The van der Waals surface area contributed by atoms with Gasteiger partial charge in [0.25, 0.3) is 0 Å². The summed E-state index contributed by atoms with van der Waals surface area (Å²) in [5, 5.41) is 2.52. The zero-order valence-electron chi connectivity index (χ0n) is 12.7. The van der Waals surface area contributed by atoms with Crippen LogP contribution in [0.4, 0.5) is 11.4 Å². The topological polar surface area (TPSA) is 47.0 Å². The zero-order valence-corrected chi connectivity index (χ0v) is 12.7. The van der Waals surface area contributed by atoms with Gasteiger partial charge in [-0.2, -0.15) is 0 Å². The van der Waals surface area contributed by atoms with Gasteiger partial charge in [0.2, 0.25) is 0 Å². The summed E-state index contributed by atoms with van der Waals surface area (Å²) in [6, 6.07) is 13.1. The van der Waals surface area contributed by atoms with Crippen LogP contribution in [0.25, 0.3) is 21.8 Å². The molecule has 0 unspecified atom stereocenters. The predicted molar refractivity (Wildman–Crippen MR) is 97.2 cm³/mol. The smallest absolute Gasteiger partial charge is 0.0895 e. The summed E-state index contributed by atoms with van der Waals surface area (Å²) in [4.78, 5) is 16.5. The Labute approximate surface area is 133 Å². The molecular formula is C18H17N5. The molecule has 0 spiro atoms. The fourth-order valence-corrected chi connectivity index (χ4v) is 3.38. The number of rotatable bonds is 2. The van der Waals surface area contributed by atoms with Crippen LogP contribution in [-0.4, -0.2) is 43.8 Å². The van der Waals surface area contributed by atoms with Crippen molar-refractivity contribution in [1.29, 1.82) is 0 Å². The van der Waals surface area contributed by atoms with E-state index in [0.717, 1.165) is 26.2 Å². The largest absolute Gasteiger partial charge is 0.355 e. The summed E-state index contributed by atoms with van der Waals surface area (Å²) in [6.07, 6.45) is 3.87. The third kappa shape index (κ3) is 2.00. The second-order valence-corrected chi connectivity index (χ2v) is 6.01. The molecule has 1 aromatic heterocycles. The average Bonchev–Trinajstić information content (AvgIpc) is 3.33. The minimum absolute atomic E-state index is 0.879. The molecule has 3 heterocycles. The summed E-state index contributed by atoms with van der Waals surface area (Å²) in [5.41, 5.74) is 4.75. The highest BCUT2D eigenvalue weighted by atomic mass is 15.2. The monoisotopic (exact) mass is 303 g/mol. The summed E-state index contributed by atoms with van der Waals surface area (Å²) in [6.45, 7) is 3.68. The SMILES string of the molecule is C1=NCCN1c1ccc2[nH]c3ccc(N4C=NCC4)cc3c2c1. The molecule has 2 aliphatic rings. The zero-order chi connectivity index (χ0) is 15.2. The van der Waals surface area contributed by atoms with Gasteiger partial charge in [-0.15, -0.1) is 0 Å². The van der Waals surface area contributed by atoms with Crippen LogP contribution >= 0.6 is 0 Å². The van der Waals surface area contributed by atoms with Crippen LogP contribution in [0.3, 0.4) is 0 Å². The van der Waals surface area contributed by atoms with E-state index in [-0.39, 0.29) is 0 Å². The van der Waals surface area contributed by atoms with Gasteiger partial charge in [0, 0.05) is 46.3 Å². The molecule has 114 valence electrons. The summed E-state index contributed by atoms with van der Waals surface area (Å²) < 4.78 is 0. The fraction of sp³-hybridized carbons (Fsp3) is 0.222. The molecule has 0 saturated carbocycles. The number of aromatic amines is 1. The first kappa shape index (κ1) is 12.7. The Kier molecular flexibility index (Phi) is 2.67. The summed E-state index contributed by atoms with van der Waals surface area (Å²) >= 11 is 0. The summed E-state index contributed by atoms with van der Waals surface area (Å²) in [5.74, 6) is 0. The van der Waals surface area contributed by atoms with E-state index in [4.69, 9.17) is 0 Å². The molecule has 2 aliphatic heterocycles. The van der Waals surface area contributed by atoms with Crippen molar-refractivity contribution in [2.24, 2.45) is 9.98 Å². The van der Waals surface area contributed by atoms with Crippen LogP contribution in [0.1, 0.15) is 0 Å². The van der Waals surface area contributed by atoms with Gasteiger partial charge in [-0.05, 0) is 36.4 Å². The molecule has 0 aliphatic carbocycles. The molecule has 5 heteroatoms. The Balaban J connectivity index is 1.67. The molecule has 0 radical (unpaired) electrons. The van der Waals surface area contributed by atoms with Crippen LogP contribution in [0.15, 0.2) is 46.4 Å². The van der Waals surface area contributed by atoms with E-state index in [2.05, 4.69) is 61.2 Å². The van der Waals surface area contributed by atoms with E-state index in [1.807, 2.05) is 12.7 Å². The van der Waals surface area contributed by atoms with E-state index in [9.17, 15) is 0 Å². The van der Waals surface area contributed by atoms with Crippen LogP contribution in [-0.2, 0) is 0 Å². The van der Waals surface area contributed by atoms with E-state index >= 15 is 0 Å². The first-order valence-corrected chi connectivity index (χ1v) is 7.97. The number of nitrogens with zero attached hydrogens (tertiary/aromatic N) is 4. The van der Waals surface area contributed by atoms with E-state index in [1.165, 1.54) is 33.2 Å². The Morgan fingerprint density at radius 1 is 0.739 bits per heavy atom. The molecule has 0 saturated heterocycles. The van der Waals surface area contributed by atoms with E-state index in [0.29, 0.717) is 0 Å². The Morgan fingerprint density at radius 3 is 1.70 bits per heavy atom. The molecule has 5 rings (SSSR count). The predicted octanol–water partition coefficient (Wildman–Crippen LogP) is 3.02. The molecule has 0 amide bonds. The molecule has 1 N–H and O–H groups in total. The van der Waals surface area contributed by atoms with Crippen molar-refractivity contribution in [3.63, 3.8) is 0 Å². The number of anilines is 2. The minimum atomic E-state index is 0.879. The highest BCUT2D eigenvalue weighted by Gasteiger charge is 2.13. The number of nitrogens with one attached hydrogen (secondary N) is 1. The van der Waals surface area contributed by atoms with Gasteiger partial charge in [-0.1, -0.05) is 0 Å². The lowest BCUT2D eigenvalue weighted by Crippen LogP contribution is -2.18. The van der Waals surface area contributed by atoms with Gasteiger partial charge < -0.3 is 14.8 Å². The second-order valence-electron chi connectivity index (χ2n) is 6.01. The lowest BCUT2D eigenvalue weighted by atomic mass is 10.1. The van der Waals surface area contributed by atoms with Crippen LogP contribution in [0.5, 0.6) is 0 Å². The Hall–Kier alpha value is -2.82. The van der Waals surface area contributed by atoms with Crippen molar-refractivity contribution in [2.75, 3.05) is 36.0 Å². The highest BCUT2D eigenvalue weighted by Crippen LogP contribution is 2.32. The molecular weight excluding hydrogens is 286 g/mol. The molecule has 23 heavy (non-hydrogen) atoms. The standard InChI is InChI=1S/C18H17N5/c1-3-17-15(9-13(1)22-7-5-19-11-22)16-10-14(2-4-18(16)21-17)23-8-6-20-12-23/h1-4,9-12,21H,5-8H2. The van der Waals surface area contributed by atoms with Crippen molar-refractivity contribution in [1.82, 2.24) is 4.98 Å². The van der Waals surface area contributed by atoms with Crippen molar-refractivity contribution in [3.05, 3.63) is 36.4 Å². The first-order chi connectivity index (χ1) is 11.4. The average molecular weight is 303 g/mol. The molecule has 0 bridgehead atoms. The number of aromatic nitrogens is 1. The maximum Gasteiger partial charge on any atom is 0.0895 e. The first-order valence-electron chi connectivity index (χ1n) is 7.97. The fourth-order valence-electron chi connectivity index (χ4n) is 3.38. The second kappa shape index (κ2) is 4.84. The van der Waals surface area contributed by atoms with Gasteiger partial charge in [0.05, 0.1) is 25.8 Å². The number of benzene rings is 2. The lowest BCUT2D eigenvalue weighted by Gasteiger charge is -2.14. The third-order valence-corrected chi connectivity index (χ3v) is 4.61. The number of hydrogen-bond acceptors (Lipinski definition) is 4. The summed E-state index contributed by atoms with van der Waals surface area (Å²) in [7, 11) is 0. The normalized spacial score (nSPS) is 17.2. The molecule has 5 nitrogen and oxygen atoms in total. The lowest BCUT2D eigenvalue weighted by molar-refractivity contribution is 1.02. The number of fused-ring (bicyclic) bond motifs is 3. The number of hydrogen-bond donors (Lipinski definition) is 1. The van der Waals surface area contributed by atoms with Crippen LogP contribution in [0.2, 0.25) is 0 Å². The van der Waals surface area contributed by atoms with Crippen LogP contribution in [0, 0.1) is 0 Å². The number of H-pyrrole nitrogens is 1. The van der Waals surface area contributed by atoms with Gasteiger partial charge in [0.1, 0.15) is 0 Å². The van der Waals surface area contributed by atoms with Crippen molar-refractivity contribution < 1.29 is 0 Å². The van der Waals surface area contributed by atoms with Crippen molar-refractivity contribution >= 4 is 45.9 Å². The maximum absolute atomic E-state index is 4.31. The molecule has 0 atom stereocenters. The quantitative estimate of drug-likeness (QED) is 0.791. The van der Waals surface area contributed by atoms with Gasteiger partial charge >= 0.3 is 0 Å². The van der Waals surface area contributed by atoms with E-state index in [1.54, 1.807) is 0 Å².